The molecular formula is C12H20BrN3O. The number of aromatic nitrogens is 2. The van der Waals surface area contributed by atoms with Gasteiger partial charge in [0.15, 0.2) is 0 Å². The number of alkyl halides is 1. The number of rotatable bonds is 5. The van der Waals surface area contributed by atoms with Crippen LogP contribution in [0, 0.1) is 11.8 Å². The largest absolute Gasteiger partial charge is 0.376 e. The van der Waals surface area contributed by atoms with Gasteiger partial charge in [0.1, 0.15) is 0 Å². The van der Waals surface area contributed by atoms with Crippen LogP contribution in [-0.4, -0.2) is 29.2 Å². The highest BCUT2D eigenvalue weighted by atomic mass is 79.9. The first-order chi connectivity index (χ1) is 7.95. The van der Waals surface area contributed by atoms with Crippen LogP contribution in [0.4, 0.5) is 5.69 Å². The minimum atomic E-state index is -0.0391. The maximum atomic E-state index is 11.9. The summed E-state index contributed by atoms with van der Waals surface area (Å²) in [5.74, 6) is 0.946. The molecule has 17 heavy (non-hydrogen) atoms. The molecule has 0 bridgehead atoms. The van der Waals surface area contributed by atoms with Gasteiger partial charge in [-0.2, -0.15) is 5.10 Å². The molecule has 1 aromatic heterocycles. The zero-order chi connectivity index (χ0) is 13.0. The van der Waals surface area contributed by atoms with Crippen molar-refractivity contribution in [3.05, 3.63) is 22.6 Å². The van der Waals surface area contributed by atoms with Gasteiger partial charge < -0.3 is 4.90 Å². The van der Waals surface area contributed by atoms with Gasteiger partial charge >= 0.3 is 0 Å². The summed E-state index contributed by atoms with van der Waals surface area (Å²) >= 11 is 3.48. The van der Waals surface area contributed by atoms with Crippen molar-refractivity contribution in [2.24, 2.45) is 11.8 Å². The first kappa shape index (κ1) is 14.2. The van der Waals surface area contributed by atoms with Gasteiger partial charge in [-0.15, -0.1) is 0 Å². The van der Waals surface area contributed by atoms with Crippen LogP contribution in [0.2, 0.25) is 0 Å². The van der Waals surface area contributed by atoms with Crippen molar-refractivity contribution < 1.29 is 0 Å². The molecule has 96 valence electrons. The molecule has 0 aromatic carbocycles. The highest BCUT2D eigenvalue weighted by Gasteiger charge is 2.14. The van der Waals surface area contributed by atoms with Gasteiger partial charge in [-0.05, 0) is 11.8 Å². The molecule has 1 aromatic rings. The third kappa shape index (κ3) is 3.84. The van der Waals surface area contributed by atoms with Crippen molar-refractivity contribution in [1.82, 2.24) is 9.78 Å². The Morgan fingerprint density at radius 3 is 2.53 bits per heavy atom. The molecule has 0 fully saturated rings. The van der Waals surface area contributed by atoms with Crippen LogP contribution in [0.25, 0.3) is 0 Å². The van der Waals surface area contributed by atoms with Crippen molar-refractivity contribution in [2.75, 3.05) is 24.3 Å². The Hall–Kier alpha value is -0.840. The maximum absolute atomic E-state index is 11.9. The zero-order valence-corrected chi connectivity index (χ0v) is 12.4. The molecule has 0 N–H and O–H groups in total. The van der Waals surface area contributed by atoms with Crippen LogP contribution >= 0.6 is 15.9 Å². The number of hydrogen-bond donors (Lipinski definition) is 0. The predicted molar refractivity (Wildman–Crippen MR) is 74.9 cm³/mol. The Morgan fingerprint density at radius 1 is 1.47 bits per heavy atom. The van der Waals surface area contributed by atoms with E-state index in [-0.39, 0.29) is 5.56 Å². The monoisotopic (exact) mass is 301 g/mol. The van der Waals surface area contributed by atoms with Crippen LogP contribution in [-0.2, 0) is 6.54 Å². The summed E-state index contributed by atoms with van der Waals surface area (Å²) in [4.78, 5) is 13.8. The van der Waals surface area contributed by atoms with E-state index in [9.17, 15) is 4.79 Å². The van der Waals surface area contributed by atoms with E-state index in [1.807, 2.05) is 19.0 Å². The summed E-state index contributed by atoms with van der Waals surface area (Å²) in [6, 6.07) is 1.62. The molecule has 4 nitrogen and oxygen atoms in total. The summed E-state index contributed by atoms with van der Waals surface area (Å²) < 4.78 is 1.54. The van der Waals surface area contributed by atoms with Gasteiger partial charge in [0.05, 0.1) is 11.9 Å². The molecule has 0 aliphatic heterocycles. The number of hydrogen-bond acceptors (Lipinski definition) is 3. The molecule has 1 rings (SSSR count). The first-order valence-corrected chi connectivity index (χ1v) is 6.88. The lowest BCUT2D eigenvalue weighted by Gasteiger charge is -2.19. The molecule has 0 saturated heterocycles. The Morgan fingerprint density at radius 2 is 2.12 bits per heavy atom. The maximum Gasteiger partial charge on any atom is 0.268 e. The molecule has 0 amide bonds. The summed E-state index contributed by atoms with van der Waals surface area (Å²) in [5, 5.41) is 5.09. The lowest BCUT2D eigenvalue weighted by atomic mass is 9.98. The van der Waals surface area contributed by atoms with Crippen LogP contribution in [0.3, 0.4) is 0 Å². The average Bonchev–Trinajstić information content (AvgIpc) is 2.26. The van der Waals surface area contributed by atoms with Gasteiger partial charge in [-0.1, -0.05) is 29.8 Å². The standard InChI is InChI=1S/C12H20BrN3O/c1-9(2)10(6-13)8-16-12(17)5-11(7-14-16)15(3)4/h5,7,9-10H,6,8H2,1-4H3. The molecule has 0 spiro atoms. The number of anilines is 1. The predicted octanol–water partition coefficient (Wildman–Crippen LogP) is 1.98. The lowest BCUT2D eigenvalue weighted by Crippen LogP contribution is -2.29. The summed E-state index contributed by atoms with van der Waals surface area (Å²) in [5.41, 5.74) is 0.800. The topological polar surface area (TPSA) is 38.1 Å². The minimum Gasteiger partial charge on any atom is -0.376 e. The SMILES string of the molecule is CC(C)C(CBr)Cn1ncc(N(C)C)cc1=O. The zero-order valence-electron chi connectivity index (χ0n) is 10.9. The van der Waals surface area contributed by atoms with Crippen molar-refractivity contribution in [3.63, 3.8) is 0 Å². The first-order valence-electron chi connectivity index (χ1n) is 5.76. The van der Waals surface area contributed by atoms with Crippen molar-refractivity contribution in [2.45, 2.75) is 20.4 Å². The van der Waals surface area contributed by atoms with Crippen molar-refractivity contribution >= 4 is 21.6 Å². The van der Waals surface area contributed by atoms with Crippen LogP contribution in [0.15, 0.2) is 17.1 Å². The van der Waals surface area contributed by atoms with E-state index in [1.165, 1.54) is 0 Å². The van der Waals surface area contributed by atoms with E-state index in [1.54, 1.807) is 16.9 Å². The molecule has 5 heteroatoms. The average molecular weight is 302 g/mol. The summed E-state index contributed by atoms with van der Waals surface area (Å²) in [6.45, 7) is 4.98. The fourth-order valence-corrected chi connectivity index (χ4v) is 2.42. The van der Waals surface area contributed by atoms with Gasteiger partial charge in [0.25, 0.3) is 5.56 Å². The summed E-state index contributed by atoms with van der Waals surface area (Å²) in [6.07, 6.45) is 1.73. The van der Waals surface area contributed by atoms with Crippen molar-refractivity contribution in [3.8, 4) is 0 Å². The molecule has 0 aliphatic carbocycles. The smallest absolute Gasteiger partial charge is 0.268 e. The minimum absolute atomic E-state index is 0.0391. The van der Waals surface area contributed by atoms with Gasteiger partial charge in [0.2, 0.25) is 0 Å². The van der Waals surface area contributed by atoms with E-state index in [0.29, 0.717) is 18.4 Å². The molecule has 1 atom stereocenters. The van der Waals surface area contributed by atoms with Crippen molar-refractivity contribution in [1.29, 1.82) is 0 Å². The van der Waals surface area contributed by atoms with E-state index in [0.717, 1.165) is 11.0 Å². The Balaban J connectivity index is 2.89. The fourth-order valence-electron chi connectivity index (χ4n) is 1.47. The Kier molecular flexibility index (Phi) is 5.18. The highest BCUT2D eigenvalue weighted by Crippen LogP contribution is 2.15. The fraction of sp³-hybridized carbons (Fsp3) is 0.667. The van der Waals surface area contributed by atoms with E-state index >= 15 is 0 Å². The second kappa shape index (κ2) is 6.19. The molecule has 0 aliphatic rings. The van der Waals surface area contributed by atoms with E-state index in [2.05, 4.69) is 34.9 Å². The quantitative estimate of drug-likeness (QED) is 0.781. The van der Waals surface area contributed by atoms with E-state index < -0.39 is 0 Å². The van der Waals surface area contributed by atoms with Crippen LogP contribution < -0.4 is 10.5 Å². The van der Waals surface area contributed by atoms with E-state index in [4.69, 9.17) is 0 Å². The molecule has 1 heterocycles. The second-order valence-electron chi connectivity index (χ2n) is 4.79. The molecule has 0 radical (unpaired) electrons. The second-order valence-corrected chi connectivity index (χ2v) is 5.43. The third-order valence-electron chi connectivity index (χ3n) is 2.92. The Bertz CT molecular complexity index is 414. The van der Waals surface area contributed by atoms with Gasteiger partial charge in [0, 0.05) is 32.0 Å². The third-order valence-corrected chi connectivity index (χ3v) is 3.75. The lowest BCUT2D eigenvalue weighted by molar-refractivity contribution is 0.349. The van der Waals surface area contributed by atoms with Crippen LogP contribution in [0.5, 0.6) is 0 Å². The number of nitrogens with zero attached hydrogens (tertiary/aromatic N) is 3. The highest BCUT2D eigenvalue weighted by molar-refractivity contribution is 9.09. The number of halogens is 1. The van der Waals surface area contributed by atoms with Crippen LogP contribution in [0.1, 0.15) is 13.8 Å². The summed E-state index contributed by atoms with van der Waals surface area (Å²) in [7, 11) is 3.80. The van der Waals surface area contributed by atoms with Gasteiger partial charge in [-0.3, -0.25) is 4.79 Å². The molecular weight excluding hydrogens is 282 g/mol. The molecule has 1 unspecified atom stereocenters. The molecule has 0 saturated carbocycles. The normalized spacial score (nSPS) is 12.8. The van der Waals surface area contributed by atoms with Gasteiger partial charge in [-0.25, -0.2) is 4.68 Å². The Labute approximate surface area is 111 Å².